The van der Waals surface area contributed by atoms with Gasteiger partial charge >= 0.3 is 0 Å². The first kappa shape index (κ1) is 10.9. The van der Waals surface area contributed by atoms with Gasteiger partial charge in [0.1, 0.15) is 5.82 Å². The van der Waals surface area contributed by atoms with Gasteiger partial charge in [-0.15, -0.1) is 0 Å². The van der Waals surface area contributed by atoms with Crippen LogP contribution in [-0.2, 0) is 6.54 Å². The summed E-state index contributed by atoms with van der Waals surface area (Å²) < 4.78 is 1.27. The Bertz CT molecular complexity index is 639. The quantitative estimate of drug-likeness (QED) is 0.818. The molecular weight excluding hydrogens is 216 g/mol. The van der Waals surface area contributed by atoms with Crippen LogP contribution < -0.4 is 11.3 Å². The molecule has 1 aromatic carbocycles. The molecule has 17 heavy (non-hydrogen) atoms. The first-order chi connectivity index (χ1) is 8.19. The SMILES string of the molecule is N#Cc1cccc(Cn2nc(N)ccc2=O)c1. The van der Waals surface area contributed by atoms with Crippen LogP contribution in [0.1, 0.15) is 11.1 Å². The second-order valence-corrected chi connectivity index (χ2v) is 3.57. The molecule has 2 aromatic rings. The zero-order valence-corrected chi connectivity index (χ0v) is 9.00. The number of nitriles is 1. The number of nitrogens with zero attached hydrogens (tertiary/aromatic N) is 3. The number of rotatable bonds is 2. The fourth-order valence-corrected chi connectivity index (χ4v) is 1.49. The molecule has 0 atom stereocenters. The predicted molar refractivity (Wildman–Crippen MR) is 63.2 cm³/mol. The van der Waals surface area contributed by atoms with Crippen LogP contribution in [0, 0.1) is 11.3 Å². The van der Waals surface area contributed by atoms with Crippen molar-refractivity contribution in [1.29, 1.82) is 5.26 Å². The number of hydrogen-bond donors (Lipinski definition) is 1. The van der Waals surface area contributed by atoms with Crippen LogP contribution in [0.5, 0.6) is 0 Å². The minimum absolute atomic E-state index is 0.221. The van der Waals surface area contributed by atoms with Gasteiger partial charge in [0.15, 0.2) is 0 Å². The molecule has 2 rings (SSSR count). The average Bonchev–Trinajstić information content (AvgIpc) is 2.34. The third-order valence-corrected chi connectivity index (χ3v) is 2.28. The molecule has 0 unspecified atom stereocenters. The maximum atomic E-state index is 11.5. The number of aromatic nitrogens is 2. The van der Waals surface area contributed by atoms with Crippen LogP contribution in [0.4, 0.5) is 5.82 Å². The van der Waals surface area contributed by atoms with Crippen molar-refractivity contribution in [3.8, 4) is 6.07 Å². The van der Waals surface area contributed by atoms with Crippen LogP contribution in [0.2, 0.25) is 0 Å². The summed E-state index contributed by atoms with van der Waals surface area (Å²) in [5, 5.41) is 12.7. The minimum Gasteiger partial charge on any atom is -0.382 e. The van der Waals surface area contributed by atoms with Gasteiger partial charge in [0, 0.05) is 6.07 Å². The van der Waals surface area contributed by atoms with Crippen LogP contribution in [-0.4, -0.2) is 9.78 Å². The van der Waals surface area contributed by atoms with Crippen LogP contribution in [0.15, 0.2) is 41.2 Å². The van der Waals surface area contributed by atoms with Crippen molar-refractivity contribution in [2.75, 3.05) is 5.73 Å². The molecule has 0 saturated heterocycles. The molecule has 1 aromatic heterocycles. The zero-order chi connectivity index (χ0) is 12.3. The molecule has 0 radical (unpaired) electrons. The van der Waals surface area contributed by atoms with E-state index in [1.54, 1.807) is 18.2 Å². The number of nitrogen functional groups attached to an aromatic ring is 1. The summed E-state index contributed by atoms with van der Waals surface area (Å²) in [6, 6.07) is 11.9. The molecule has 0 aliphatic rings. The maximum Gasteiger partial charge on any atom is 0.267 e. The summed E-state index contributed by atoms with van der Waals surface area (Å²) in [6.45, 7) is 0.305. The minimum atomic E-state index is -0.221. The molecule has 0 bridgehead atoms. The lowest BCUT2D eigenvalue weighted by Crippen LogP contribution is -2.23. The Kier molecular flexibility index (Phi) is 2.88. The predicted octanol–water partition coefficient (Wildman–Crippen LogP) is 0.745. The van der Waals surface area contributed by atoms with E-state index in [9.17, 15) is 4.79 Å². The standard InChI is InChI=1S/C12H10N4O/c13-7-9-2-1-3-10(6-9)8-16-12(17)5-4-11(14)15-16/h1-6H,8H2,(H2,14,15). The van der Waals surface area contributed by atoms with E-state index in [1.165, 1.54) is 16.8 Å². The van der Waals surface area contributed by atoms with Crippen molar-refractivity contribution in [2.45, 2.75) is 6.54 Å². The lowest BCUT2D eigenvalue weighted by atomic mass is 10.1. The normalized spacial score (nSPS) is 9.82. The van der Waals surface area contributed by atoms with Gasteiger partial charge in [-0.1, -0.05) is 12.1 Å². The van der Waals surface area contributed by atoms with E-state index in [-0.39, 0.29) is 5.56 Å². The number of nitrogens with two attached hydrogens (primary N) is 1. The van der Waals surface area contributed by atoms with E-state index in [1.807, 2.05) is 12.1 Å². The Balaban J connectivity index is 2.35. The molecule has 1 heterocycles. The molecule has 0 fully saturated rings. The van der Waals surface area contributed by atoms with Crippen molar-refractivity contribution in [3.05, 3.63) is 57.9 Å². The fourth-order valence-electron chi connectivity index (χ4n) is 1.49. The van der Waals surface area contributed by atoms with Gasteiger partial charge in [-0.3, -0.25) is 4.79 Å². The molecule has 0 spiro atoms. The van der Waals surface area contributed by atoms with E-state index in [0.29, 0.717) is 17.9 Å². The summed E-state index contributed by atoms with van der Waals surface area (Å²) >= 11 is 0. The molecule has 5 nitrogen and oxygen atoms in total. The Morgan fingerprint density at radius 1 is 1.35 bits per heavy atom. The van der Waals surface area contributed by atoms with Crippen molar-refractivity contribution in [3.63, 3.8) is 0 Å². The van der Waals surface area contributed by atoms with E-state index in [0.717, 1.165) is 5.56 Å². The van der Waals surface area contributed by atoms with Crippen molar-refractivity contribution >= 4 is 5.82 Å². The molecule has 0 aliphatic heterocycles. The van der Waals surface area contributed by atoms with Crippen molar-refractivity contribution in [2.24, 2.45) is 0 Å². The van der Waals surface area contributed by atoms with E-state index in [4.69, 9.17) is 11.0 Å². The van der Waals surface area contributed by atoms with Gasteiger partial charge in [0.2, 0.25) is 0 Å². The second-order valence-electron chi connectivity index (χ2n) is 3.57. The van der Waals surface area contributed by atoms with Gasteiger partial charge < -0.3 is 5.73 Å². The van der Waals surface area contributed by atoms with Gasteiger partial charge in [0.05, 0.1) is 18.2 Å². The Hall–Kier alpha value is -2.61. The average molecular weight is 226 g/mol. The zero-order valence-electron chi connectivity index (χ0n) is 9.00. The van der Waals surface area contributed by atoms with Crippen molar-refractivity contribution < 1.29 is 0 Å². The molecule has 5 heteroatoms. The highest BCUT2D eigenvalue weighted by Gasteiger charge is 2.01. The topological polar surface area (TPSA) is 84.7 Å². The van der Waals surface area contributed by atoms with E-state index < -0.39 is 0 Å². The third-order valence-electron chi connectivity index (χ3n) is 2.28. The monoisotopic (exact) mass is 226 g/mol. The van der Waals surface area contributed by atoms with Gasteiger partial charge in [-0.25, -0.2) is 4.68 Å². The number of hydrogen-bond acceptors (Lipinski definition) is 4. The van der Waals surface area contributed by atoms with Crippen molar-refractivity contribution in [1.82, 2.24) is 9.78 Å². The lowest BCUT2D eigenvalue weighted by molar-refractivity contribution is 0.644. The summed E-state index contributed by atoms with van der Waals surface area (Å²) in [5.74, 6) is 0.293. The molecule has 2 N–H and O–H groups in total. The number of benzene rings is 1. The van der Waals surface area contributed by atoms with E-state index in [2.05, 4.69) is 5.10 Å². The highest BCUT2D eigenvalue weighted by Crippen LogP contribution is 2.05. The highest BCUT2D eigenvalue weighted by atomic mass is 16.1. The van der Waals surface area contributed by atoms with Crippen LogP contribution >= 0.6 is 0 Å². The first-order valence-corrected chi connectivity index (χ1v) is 5.02. The van der Waals surface area contributed by atoms with E-state index >= 15 is 0 Å². The second kappa shape index (κ2) is 4.49. The smallest absolute Gasteiger partial charge is 0.267 e. The summed E-state index contributed by atoms with van der Waals surface area (Å²) in [7, 11) is 0. The lowest BCUT2D eigenvalue weighted by Gasteiger charge is -2.05. The van der Waals surface area contributed by atoms with Gasteiger partial charge in [-0.2, -0.15) is 10.4 Å². The number of anilines is 1. The molecule has 0 amide bonds. The molecule has 0 aliphatic carbocycles. The van der Waals surface area contributed by atoms with Gasteiger partial charge in [0.25, 0.3) is 5.56 Å². The Labute approximate surface area is 97.7 Å². The molecule has 84 valence electrons. The Morgan fingerprint density at radius 2 is 2.18 bits per heavy atom. The summed E-state index contributed by atoms with van der Waals surface area (Å²) in [6.07, 6.45) is 0. The Morgan fingerprint density at radius 3 is 2.94 bits per heavy atom. The third kappa shape index (κ3) is 2.49. The van der Waals surface area contributed by atoms with Gasteiger partial charge in [-0.05, 0) is 23.8 Å². The van der Waals surface area contributed by atoms with Crippen LogP contribution in [0.3, 0.4) is 0 Å². The summed E-state index contributed by atoms with van der Waals surface area (Å²) in [4.78, 5) is 11.5. The summed E-state index contributed by atoms with van der Waals surface area (Å²) in [5.41, 5.74) is 6.69. The highest BCUT2D eigenvalue weighted by molar-refractivity contribution is 5.33. The fraction of sp³-hybridized carbons (Fsp3) is 0.0833. The first-order valence-electron chi connectivity index (χ1n) is 5.02. The molecular formula is C12H10N4O. The largest absolute Gasteiger partial charge is 0.382 e. The molecule has 0 saturated carbocycles. The van der Waals surface area contributed by atoms with Crippen LogP contribution in [0.25, 0.3) is 0 Å². The maximum absolute atomic E-state index is 11.5.